The van der Waals surface area contributed by atoms with Crippen LogP contribution in [0.15, 0.2) is 11.8 Å². The van der Waals surface area contributed by atoms with Gasteiger partial charge >= 0.3 is 0 Å². The van der Waals surface area contributed by atoms with Crippen LogP contribution in [0.2, 0.25) is 0 Å². The van der Waals surface area contributed by atoms with Crippen molar-refractivity contribution in [2.24, 2.45) is 11.8 Å². The number of rotatable bonds is 0. The van der Waals surface area contributed by atoms with Crippen LogP contribution in [0.1, 0.15) is 27.2 Å². The summed E-state index contributed by atoms with van der Waals surface area (Å²) in [5, 5.41) is 0. The number of carbonyl (C=O) groups excluding carboxylic acids is 1. The minimum Gasteiger partial charge on any atom is -0.498 e. The Bertz CT molecular complexity index is 206. The van der Waals surface area contributed by atoms with Crippen LogP contribution in [0.25, 0.3) is 0 Å². The van der Waals surface area contributed by atoms with Crippen molar-refractivity contribution in [2.75, 3.05) is 6.61 Å². The first-order chi connectivity index (χ1) is 5.61. The normalized spacial score (nSPS) is 35.9. The summed E-state index contributed by atoms with van der Waals surface area (Å²) in [6.07, 6.45) is 2.58. The third-order valence-corrected chi connectivity index (χ3v) is 2.47. The van der Waals surface area contributed by atoms with Crippen molar-refractivity contribution in [3.63, 3.8) is 0 Å². The molecule has 1 rings (SSSR count). The highest BCUT2D eigenvalue weighted by Crippen LogP contribution is 2.19. The van der Waals surface area contributed by atoms with Crippen molar-refractivity contribution in [2.45, 2.75) is 27.2 Å². The maximum atomic E-state index is 11.4. The van der Waals surface area contributed by atoms with Gasteiger partial charge in [0.2, 0.25) is 0 Å². The summed E-state index contributed by atoms with van der Waals surface area (Å²) in [5.41, 5.74) is 0. The molecule has 0 aromatic rings. The molecule has 1 aliphatic heterocycles. The number of hydrogen-bond donors (Lipinski definition) is 0. The molecule has 1 heterocycles. The van der Waals surface area contributed by atoms with Gasteiger partial charge < -0.3 is 4.74 Å². The maximum Gasteiger partial charge on any atom is 0.139 e. The van der Waals surface area contributed by atoms with E-state index in [2.05, 4.69) is 6.92 Å². The van der Waals surface area contributed by atoms with E-state index >= 15 is 0 Å². The Balaban J connectivity index is 2.74. The molecule has 0 spiro atoms. The van der Waals surface area contributed by atoms with Gasteiger partial charge in [0.05, 0.1) is 12.4 Å². The molecular weight excluding hydrogens is 152 g/mol. The van der Waals surface area contributed by atoms with Gasteiger partial charge in [-0.2, -0.15) is 0 Å². The van der Waals surface area contributed by atoms with E-state index in [1.165, 1.54) is 0 Å². The molecule has 0 unspecified atom stereocenters. The molecule has 0 saturated carbocycles. The molecule has 0 aromatic heterocycles. The lowest BCUT2D eigenvalue weighted by Gasteiger charge is -2.19. The van der Waals surface area contributed by atoms with E-state index in [9.17, 15) is 4.79 Å². The van der Waals surface area contributed by atoms with Gasteiger partial charge in [0.1, 0.15) is 5.78 Å². The molecule has 2 nitrogen and oxygen atoms in total. The number of carbonyl (C=O) groups is 1. The number of hydrogen-bond acceptors (Lipinski definition) is 2. The molecule has 0 amide bonds. The SMILES string of the molecule is C/C1=C/[C@@H](C)[C@@H](C)C(=O)CCO1. The smallest absolute Gasteiger partial charge is 0.139 e. The first-order valence-corrected chi connectivity index (χ1v) is 4.45. The number of allylic oxidation sites excluding steroid dienone is 2. The Morgan fingerprint density at radius 3 is 2.83 bits per heavy atom. The van der Waals surface area contributed by atoms with E-state index in [4.69, 9.17) is 4.74 Å². The standard InChI is InChI=1S/C10H16O2/c1-7-6-8(2)12-5-4-10(11)9(7)3/h6-7,9H,4-5H2,1-3H3/b8-6-/t7-,9-/m1/s1. The Labute approximate surface area is 73.6 Å². The zero-order valence-electron chi connectivity index (χ0n) is 7.96. The molecular formula is C10H16O2. The quantitative estimate of drug-likeness (QED) is 0.554. The molecule has 0 bridgehead atoms. The van der Waals surface area contributed by atoms with Crippen molar-refractivity contribution < 1.29 is 9.53 Å². The van der Waals surface area contributed by atoms with Gasteiger partial charge in [-0.1, -0.05) is 13.8 Å². The highest BCUT2D eigenvalue weighted by atomic mass is 16.5. The maximum absolute atomic E-state index is 11.4. The van der Waals surface area contributed by atoms with E-state index in [0.717, 1.165) is 5.76 Å². The fraction of sp³-hybridized carbons (Fsp3) is 0.700. The third-order valence-electron chi connectivity index (χ3n) is 2.47. The van der Waals surface area contributed by atoms with E-state index in [1.54, 1.807) is 0 Å². The van der Waals surface area contributed by atoms with Crippen LogP contribution in [-0.2, 0) is 9.53 Å². The van der Waals surface area contributed by atoms with Gasteiger partial charge in [0.25, 0.3) is 0 Å². The first-order valence-electron chi connectivity index (χ1n) is 4.45. The van der Waals surface area contributed by atoms with Crippen molar-refractivity contribution in [1.82, 2.24) is 0 Å². The van der Waals surface area contributed by atoms with Gasteiger partial charge in [-0.05, 0) is 18.9 Å². The first kappa shape index (κ1) is 9.30. The van der Waals surface area contributed by atoms with Crippen molar-refractivity contribution in [3.05, 3.63) is 11.8 Å². The summed E-state index contributed by atoms with van der Waals surface area (Å²) in [4.78, 5) is 11.4. The zero-order valence-corrected chi connectivity index (χ0v) is 7.96. The van der Waals surface area contributed by atoms with Gasteiger partial charge in [0, 0.05) is 12.3 Å². The molecule has 0 radical (unpaired) electrons. The lowest BCUT2D eigenvalue weighted by atomic mass is 9.89. The van der Waals surface area contributed by atoms with Gasteiger partial charge in [-0.3, -0.25) is 4.79 Å². The van der Waals surface area contributed by atoms with Crippen LogP contribution in [0, 0.1) is 11.8 Å². The van der Waals surface area contributed by atoms with Crippen molar-refractivity contribution in [3.8, 4) is 0 Å². The Morgan fingerprint density at radius 2 is 2.17 bits per heavy atom. The second-order valence-corrected chi connectivity index (χ2v) is 3.49. The average Bonchev–Trinajstić information content (AvgIpc) is 2.01. The minimum atomic E-state index is 0.142. The summed E-state index contributed by atoms with van der Waals surface area (Å²) in [6.45, 7) is 6.53. The number of ether oxygens (including phenoxy) is 1. The predicted molar refractivity (Wildman–Crippen MR) is 47.7 cm³/mol. The summed E-state index contributed by atoms with van der Waals surface area (Å²) in [5.74, 6) is 1.70. The van der Waals surface area contributed by atoms with Gasteiger partial charge in [0.15, 0.2) is 0 Å². The lowest BCUT2D eigenvalue weighted by molar-refractivity contribution is -0.124. The summed E-state index contributed by atoms with van der Waals surface area (Å²) in [7, 11) is 0. The zero-order chi connectivity index (χ0) is 9.14. The van der Waals surface area contributed by atoms with E-state index in [-0.39, 0.29) is 5.92 Å². The molecule has 12 heavy (non-hydrogen) atoms. The molecule has 0 aromatic carbocycles. The van der Waals surface area contributed by atoms with Crippen LogP contribution in [0.5, 0.6) is 0 Å². The fourth-order valence-corrected chi connectivity index (χ4v) is 1.40. The monoisotopic (exact) mass is 168 g/mol. The van der Waals surface area contributed by atoms with E-state index in [1.807, 2.05) is 19.9 Å². The molecule has 0 N–H and O–H groups in total. The van der Waals surface area contributed by atoms with Crippen LogP contribution in [0.4, 0.5) is 0 Å². The fourth-order valence-electron chi connectivity index (χ4n) is 1.40. The lowest BCUT2D eigenvalue weighted by Crippen LogP contribution is -2.21. The molecule has 0 aliphatic carbocycles. The van der Waals surface area contributed by atoms with Gasteiger partial charge in [-0.25, -0.2) is 0 Å². The second-order valence-electron chi connectivity index (χ2n) is 3.49. The van der Waals surface area contributed by atoms with Crippen LogP contribution in [0.3, 0.4) is 0 Å². The van der Waals surface area contributed by atoms with E-state index in [0.29, 0.717) is 24.7 Å². The predicted octanol–water partition coefficient (Wildman–Crippen LogP) is 2.15. The average molecular weight is 168 g/mol. The summed E-state index contributed by atoms with van der Waals surface area (Å²) >= 11 is 0. The Kier molecular flexibility index (Phi) is 2.90. The van der Waals surface area contributed by atoms with Crippen LogP contribution >= 0.6 is 0 Å². The molecule has 68 valence electrons. The largest absolute Gasteiger partial charge is 0.498 e. The highest BCUT2D eigenvalue weighted by molar-refractivity contribution is 5.81. The van der Waals surface area contributed by atoms with Crippen molar-refractivity contribution >= 4 is 5.78 Å². The Hall–Kier alpha value is -0.790. The van der Waals surface area contributed by atoms with E-state index < -0.39 is 0 Å². The van der Waals surface area contributed by atoms with Crippen molar-refractivity contribution in [1.29, 1.82) is 0 Å². The summed E-state index contributed by atoms with van der Waals surface area (Å²) in [6, 6.07) is 0. The summed E-state index contributed by atoms with van der Waals surface area (Å²) < 4.78 is 5.31. The van der Waals surface area contributed by atoms with Crippen LogP contribution in [-0.4, -0.2) is 12.4 Å². The Morgan fingerprint density at radius 1 is 1.50 bits per heavy atom. The second kappa shape index (κ2) is 3.74. The third kappa shape index (κ3) is 2.10. The minimum absolute atomic E-state index is 0.142. The molecule has 2 heteroatoms. The van der Waals surface area contributed by atoms with Crippen LogP contribution < -0.4 is 0 Å². The molecule has 0 saturated heterocycles. The number of Topliss-reactive ketones (excluding diaryl/α,β-unsaturated/α-hetero) is 1. The number of ketones is 1. The topological polar surface area (TPSA) is 26.3 Å². The highest BCUT2D eigenvalue weighted by Gasteiger charge is 2.20. The molecule has 2 atom stereocenters. The van der Waals surface area contributed by atoms with Gasteiger partial charge in [-0.15, -0.1) is 0 Å². The molecule has 1 aliphatic rings. The molecule has 0 fully saturated rings.